The molecule has 2 aromatic carbocycles. The van der Waals surface area contributed by atoms with Crippen molar-refractivity contribution in [3.8, 4) is 16.9 Å². The molecule has 1 nitrogen and oxygen atoms in total. The van der Waals surface area contributed by atoms with Crippen molar-refractivity contribution in [2.75, 3.05) is 7.11 Å². The Bertz CT molecular complexity index is 962. The predicted molar refractivity (Wildman–Crippen MR) is 136 cm³/mol. The standard InChI is InChI=1S/C27H37ClOSi/c1-17-14-21-19(12-11-13-20(21)25(17)30(9,10)28)18-15-22(26(2,3)4)24(29-8)23(16-18)27(5,6)7/h11-16,25H,1-10H3. The van der Waals surface area contributed by atoms with Crippen LogP contribution in [0.2, 0.25) is 13.1 Å². The SMILES string of the molecule is COc1c(C(C)(C)C)cc(-c2cccc3c2C=C(C)C3[Si](C)(C)Cl)cc1C(C)(C)C. The van der Waals surface area contributed by atoms with Gasteiger partial charge < -0.3 is 4.74 Å². The van der Waals surface area contributed by atoms with Crippen molar-refractivity contribution >= 4 is 24.5 Å². The van der Waals surface area contributed by atoms with E-state index in [1.165, 1.54) is 39.0 Å². The molecule has 0 bridgehead atoms. The molecule has 3 heteroatoms. The lowest BCUT2D eigenvalue weighted by molar-refractivity contribution is 0.381. The van der Waals surface area contributed by atoms with E-state index in [-0.39, 0.29) is 10.8 Å². The van der Waals surface area contributed by atoms with Crippen LogP contribution < -0.4 is 4.74 Å². The van der Waals surface area contributed by atoms with Gasteiger partial charge in [0.1, 0.15) is 5.75 Å². The monoisotopic (exact) mass is 440 g/mol. The molecule has 0 spiro atoms. The second kappa shape index (κ2) is 7.57. The fraction of sp³-hybridized carbons (Fsp3) is 0.481. The fourth-order valence-electron chi connectivity index (χ4n) is 4.83. The summed E-state index contributed by atoms with van der Waals surface area (Å²) in [6.45, 7) is 20.3. The Morgan fingerprint density at radius 1 is 0.933 bits per heavy atom. The van der Waals surface area contributed by atoms with Gasteiger partial charge in [0, 0.05) is 16.7 Å². The zero-order valence-electron chi connectivity index (χ0n) is 20.3. The molecule has 162 valence electrons. The Hall–Kier alpha value is -1.51. The molecule has 1 atom stereocenters. The van der Waals surface area contributed by atoms with Crippen molar-refractivity contribution in [3.05, 3.63) is 58.2 Å². The molecule has 1 unspecified atom stereocenters. The number of halogens is 1. The van der Waals surface area contributed by atoms with Crippen LogP contribution in [0.4, 0.5) is 0 Å². The van der Waals surface area contributed by atoms with E-state index in [1.54, 1.807) is 7.11 Å². The van der Waals surface area contributed by atoms with Gasteiger partial charge in [0.15, 0.2) is 7.38 Å². The number of benzene rings is 2. The average Bonchev–Trinajstić information content (AvgIpc) is 2.94. The van der Waals surface area contributed by atoms with Crippen molar-refractivity contribution in [2.24, 2.45) is 0 Å². The summed E-state index contributed by atoms with van der Waals surface area (Å²) in [4.78, 5) is 0. The molecule has 0 aliphatic heterocycles. The number of fused-ring (bicyclic) bond motifs is 1. The minimum atomic E-state index is -1.87. The molecule has 3 rings (SSSR count). The van der Waals surface area contributed by atoms with Gasteiger partial charge in [-0.05, 0) is 52.1 Å². The Morgan fingerprint density at radius 2 is 1.47 bits per heavy atom. The molecule has 0 aromatic heterocycles. The van der Waals surface area contributed by atoms with Crippen LogP contribution in [0.3, 0.4) is 0 Å². The smallest absolute Gasteiger partial charge is 0.161 e. The van der Waals surface area contributed by atoms with Crippen molar-refractivity contribution in [2.45, 2.75) is 77.9 Å². The first-order chi connectivity index (χ1) is 13.7. The van der Waals surface area contributed by atoms with Gasteiger partial charge in [-0.15, -0.1) is 0 Å². The maximum absolute atomic E-state index is 6.95. The van der Waals surface area contributed by atoms with Crippen LogP contribution in [0.15, 0.2) is 35.9 Å². The topological polar surface area (TPSA) is 9.23 Å². The summed E-state index contributed by atoms with van der Waals surface area (Å²) in [5.74, 6) is 1.02. The zero-order chi connectivity index (χ0) is 22.6. The number of methoxy groups -OCH3 is 1. The summed E-state index contributed by atoms with van der Waals surface area (Å²) in [6, 6.07) is 11.4. The van der Waals surface area contributed by atoms with Crippen LogP contribution >= 0.6 is 11.1 Å². The number of allylic oxidation sites excluding steroid dienone is 1. The van der Waals surface area contributed by atoms with Gasteiger partial charge in [0.05, 0.1) is 7.11 Å². The van der Waals surface area contributed by atoms with Crippen molar-refractivity contribution in [3.63, 3.8) is 0 Å². The molecule has 30 heavy (non-hydrogen) atoms. The first-order valence-corrected chi connectivity index (χ1v) is 15.0. The lowest BCUT2D eigenvalue weighted by Gasteiger charge is -2.30. The van der Waals surface area contributed by atoms with E-state index in [1.807, 2.05) is 0 Å². The van der Waals surface area contributed by atoms with Crippen molar-refractivity contribution < 1.29 is 4.74 Å². The molecule has 1 aliphatic rings. The van der Waals surface area contributed by atoms with Gasteiger partial charge in [0.25, 0.3) is 0 Å². The summed E-state index contributed by atoms with van der Waals surface area (Å²) in [5, 5.41) is 0. The lowest BCUT2D eigenvalue weighted by Crippen LogP contribution is -2.28. The van der Waals surface area contributed by atoms with E-state index in [2.05, 4.69) is 98.0 Å². The molecule has 0 amide bonds. The highest BCUT2D eigenvalue weighted by molar-refractivity contribution is 7.20. The number of hydrogen-bond donors (Lipinski definition) is 0. The second-order valence-corrected chi connectivity index (χ2v) is 17.9. The normalized spacial score (nSPS) is 17.0. The molecule has 0 fully saturated rings. The molecule has 0 saturated carbocycles. The lowest BCUT2D eigenvalue weighted by atomic mass is 9.77. The third-order valence-electron chi connectivity index (χ3n) is 6.18. The number of hydrogen-bond acceptors (Lipinski definition) is 1. The third-order valence-corrected chi connectivity index (χ3v) is 8.98. The van der Waals surface area contributed by atoms with Gasteiger partial charge in [0.2, 0.25) is 0 Å². The molecule has 0 heterocycles. The number of ether oxygens (including phenoxy) is 1. The highest BCUT2D eigenvalue weighted by Gasteiger charge is 2.38. The van der Waals surface area contributed by atoms with E-state index >= 15 is 0 Å². The summed E-state index contributed by atoms with van der Waals surface area (Å²) in [5.41, 5.74) is 9.54. The van der Waals surface area contributed by atoms with Gasteiger partial charge in [-0.1, -0.05) is 84.5 Å². The van der Waals surface area contributed by atoms with E-state index in [9.17, 15) is 0 Å². The Morgan fingerprint density at radius 3 is 1.90 bits per heavy atom. The van der Waals surface area contributed by atoms with Crippen LogP contribution in [-0.2, 0) is 10.8 Å². The minimum absolute atomic E-state index is 0.0152. The molecule has 1 aliphatic carbocycles. The quantitative estimate of drug-likeness (QED) is 0.343. The Balaban J connectivity index is 2.33. The van der Waals surface area contributed by atoms with Crippen molar-refractivity contribution in [1.29, 1.82) is 0 Å². The first-order valence-electron chi connectivity index (χ1n) is 10.9. The Kier molecular flexibility index (Phi) is 5.84. The van der Waals surface area contributed by atoms with Gasteiger partial charge >= 0.3 is 0 Å². The highest BCUT2D eigenvalue weighted by Crippen LogP contribution is 2.48. The minimum Gasteiger partial charge on any atom is -0.496 e. The molecular formula is C27H37ClOSi. The van der Waals surface area contributed by atoms with Crippen LogP contribution in [0, 0.1) is 0 Å². The zero-order valence-corrected chi connectivity index (χ0v) is 22.1. The van der Waals surface area contributed by atoms with E-state index < -0.39 is 7.38 Å². The van der Waals surface area contributed by atoms with Crippen molar-refractivity contribution in [1.82, 2.24) is 0 Å². The average molecular weight is 441 g/mol. The van der Waals surface area contributed by atoms with Crippen LogP contribution in [0.5, 0.6) is 5.75 Å². The third kappa shape index (κ3) is 4.14. The van der Waals surface area contributed by atoms with Crippen LogP contribution in [0.1, 0.15) is 76.3 Å². The van der Waals surface area contributed by atoms with Gasteiger partial charge in [-0.2, -0.15) is 11.1 Å². The molecule has 0 N–H and O–H groups in total. The summed E-state index contributed by atoms with van der Waals surface area (Å²) >= 11 is 6.95. The largest absolute Gasteiger partial charge is 0.496 e. The summed E-state index contributed by atoms with van der Waals surface area (Å²) < 4.78 is 5.97. The molecule has 0 radical (unpaired) electrons. The van der Waals surface area contributed by atoms with Gasteiger partial charge in [-0.3, -0.25) is 0 Å². The maximum atomic E-state index is 6.95. The first kappa shape index (κ1) is 23.2. The Labute approximate surface area is 189 Å². The summed E-state index contributed by atoms with van der Waals surface area (Å²) in [7, 11) is -0.0796. The second-order valence-electron chi connectivity index (χ2n) is 11.3. The molecule has 0 saturated heterocycles. The predicted octanol–water partition coefficient (Wildman–Crippen LogP) is 8.44. The van der Waals surface area contributed by atoms with Gasteiger partial charge in [-0.25, -0.2) is 0 Å². The van der Waals surface area contributed by atoms with E-state index in [4.69, 9.17) is 15.8 Å². The molecule has 2 aromatic rings. The fourth-order valence-corrected chi connectivity index (χ4v) is 7.86. The van der Waals surface area contributed by atoms with Crippen LogP contribution in [0.25, 0.3) is 17.2 Å². The molecular weight excluding hydrogens is 404 g/mol. The highest BCUT2D eigenvalue weighted by atomic mass is 35.6. The summed E-state index contributed by atoms with van der Waals surface area (Å²) in [6.07, 6.45) is 2.37. The maximum Gasteiger partial charge on any atom is 0.161 e. The van der Waals surface area contributed by atoms with Crippen LogP contribution in [-0.4, -0.2) is 14.5 Å². The number of rotatable bonds is 3. The van der Waals surface area contributed by atoms with E-state index in [0.717, 1.165) is 5.75 Å². The van der Waals surface area contributed by atoms with E-state index in [0.29, 0.717) is 5.54 Å².